The topological polar surface area (TPSA) is 91.2 Å². The number of H-pyrrole nitrogens is 1. The van der Waals surface area contributed by atoms with Crippen LogP contribution in [0.4, 0.5) is 0 Å². The zero-order valence-corrected chi connectivity index (χ0v) is 18.8. The van der Waals surface area contributed by atoms with Gasteiger partial charge < -0.3 is 20.9 Å². The maximum Gasteiger partial charge on any atom is 0.239 e. The van der Waals surface area contributed by atoms with Crippen LogP contribution in [0.25, 0.3) is 10.9 Å². The molecule has 1 aliphatic heterocycles. The van der Waals surface area contributed by atoms with Crippen molar-refractivity contribution in [1.29, 1.82) is 0 Å². The molecule has 0 saturated carbocycles. The van der Waals surface area contributed by atoms with Crippen LogP contribution in [0.15, 0.2) is 60.8 Å². The van der Waals surface area contributed by atoms with Crippen molar-refractivity contribution in [1.82, 2.24) is 15.2 Å². The first-order valence-corrected chi connectivity index (χ1v) is 11.3. The van der Waals surface area contributed by atoms with Crippen molar-refractivity contribution in [2.45, 2.75) is 44.1 Å². The Labute approximate surface area is 189 Å². The molecule has 4 N–H and O–H groups in total. The monoisotopic (exact) mass is 432 g/mol. The lowest BCUT2D eigenvalue weighted by atomic mass is 9.88. The molecule has 6 nitrogen and oxygen atoms in total. The van der Waals surface area contributed by atoms with Crippen LogP contribution < -0.4 is 11.1 Å². The molecule has 2 heterocycles. The summed E-state index contributed by atoms with van der Waals surface area (Å²) in [6.07, 6.45) is 3.78. The number of hydrogen-bond donors (Lipinski definition) is 3. The Morgan fingerprint density at radius 2 is 1.75 bits per heavy atom. The van der Waals surface area contributed by atoms with Crippen LogP contribution in [-0.2, 0) is 9.59 Å². The fourth-order valence-corrected chi connectivity index (χ4v) is 4.51. The Hall–Kier alpha value is -3.12. The summed E-state index contributed by atoms with van der Waals surface area (Å²) >= 11 is 0. The average molecular weight is 433 g/mol. The molecule has 0 aliphatic carbocycles. The molecule has 1 atom stereocenters. The van der Waals surface area contributed by atoms with Crippen LogP contribution >= 0.6 is 0 Å². The fourth-order valence-electron chi connectivity index (χ4n) is 4.51. The number of likely N-dealkylation sites (tertiary alicyclic amines) is 1. The molecule has 1 fully saturated rings. The van der Waals surface area contributed by atoms with E-state index in [1.807, 2.05) is 41.4 Å². The van der Waals surface area contributed by atoms with Gasteiger partial charge in [0.15, 0.2) is 0 Å². The number of para-hydroxylation sites is 1. The normalized spacial score (nSPS) is 16.2. The minimum atomic E-state index is -0.998. The van der Waals surface area contributed by atoms with Gasteiger partial charge in [0.1, 0.15) is 0 Å². The van der Waals surface area contributed by atoms with E-state index in [0.717, 1.165) is 29.3 Å². The number of amides is 2. The van der Waals surface area contributed by atoms with Crippen molar-refractivity contribution in [3.63, 3.8) is 0 Å². The molecule has 2 amide bonds. The number of benzene rings is 2. The maximum atomic E-state index is 13.7. The summed E-state index contributed by atoms with van der Waals surface area (Å²) in [6, 6.07) is 18.4. The summed E-state index contributed by atoms with van der Waals surface area (Å²) in [6.45, 7) is 4.98. The molecule has 168 valence electrons. The molecule has 0 unspecified atom stereocenters. The SMILES string of the molecule is CC(C)(N)C(=O)NC[C@H](C(=O)N1CCC(c2ccccc2)CC1)c1c[nH]c2ccccc12. The predicted molar refractivity (Wildman–Crippen MR) is 127 cm³/mol. The zero-order valence-electron chi connectivity index (χ0n) is 18.8. The Morgan fingerprint density at radius 3 is 2.44 bits per heavy atom. The third-order valence-corrected chi connectivity index (χ3v) is 6.42. The lowest BCUT2D eigenvalue weighted by Gasteiger charge is -2.34. The molecule has 0 radical (unpaired) electrons. The Balaban J connectivity index is 1.53. The van der Waals surface area contributed by atoms with Gasteiger partial charge in [-0.05, 0) is 49.8 Å². The zero-order chi connectivity index (χ0) is 22.7. The van der Waals surface area contributed by atoms with E-state index in [-0.39, 0.29) is 18.4 Å². The third kappa shape index (κ3) is 4.70. The van der Waals surface area contributed by atoms with Gasteiger partial charge in [-0.1, -0.05) is 48.5 Å². The highest BCUT2D eigenvalue weighted by Gasteiger charge is 2.32. The summed E-state index contributed by atoms with van der Waals surface area (Å²) in [7, 11) is 0. The molecule has 1 aromatic heterocycles. The van der Waals surface area contributed by atoms with Gasteiger partial charge in [0.05, 0.1) is 11.5 Å². The first-order chi connectivity index (χ1) is 15.3. The quantitative estimate of drug-likeness (QED) is 0.557. The van der Waals surface area contributed by atoms with Gasteiger partial charge in [-0.2, -0.15) is 0 Å². The molecule has 4 rings (SSSR count). The molecule has 1 saturated heterocycles. The van der Waals surface area contributed by atoms with Crippen molar-refractivity contribution in [3.05, 3.63) is 71.9 Å². The van der Waals surface area contributed by atoms with Crippen LogP contribution in [-0.4, -0.2) is 46.9 Å². The maximum absolute atomic E-state index is 13.7. The Morgan fingerprint density at radius 1 is 1.09 bits per heavy atom. The molecular weight excluding hydrogens is 400 g/mol. The van der Waals surface area contributed by atoms with E-state index in [1.165, 1.54) is 5.56 Å². The molecule has 0 spiro atoms. The highest BCUT2D eigenvalue weighted by Crippen LogP contribution is 2.31. The van der Waals surface area contributed by atoms with Gasteiger partial charge in [0, 0.05) is 36.7 Å². The Bertz CT molecular complexity index is 1080. The highest BCUT2D eigenvalue weighted by molar-refractivity contribution is 5.93. The molecule has 32 heavy (non-hydrogen) atoms. The largest absolute Gasteiger partial charge is 0.361 e. The fraction of sp³-hybridized carbons (Fsp3) is 0.385. The number of aromatic nitrogens is 1. The van der Waals surface area contributed by atoms with Crippen molar-refractivity contribution in [3.8, 4) is 0 Å². The van der Waals surface area contributed by atoms with Crippen LogP contribution in [0, 0.1) is 0 Å². The van der Waals surface area contributed by atoms with E-state index in [0.29, 0.717) is 19.0 Å². The second kappa shape index (κ2) is 9.17. The van der Waals surface area contributed by atoms with Gasteiger partial charge in [-0.15, -0.1) is 0 Å². The summed E-state index contributed by atoms with van der Waals surface area (Å²) in [5.74, 6) is -0.204. The van der Waals surface area contributed by atoms with E-state index in [2.05, 4.69) is 34.6 Å². The molecule has 1 aliphatic rings. The molecule has 0 bridgehead atoms. The summed E-state index contributed by atoms with van der Waals surface area (Å²) in [5, 5.41) is 3.91. The van der Waals surface area contributed by atoms with Crippen LogP contribution in [0.1, 0.15) is 49.7 Å². The minimum absolute atomic E-state index is 0.0522. The molecular formula is C26H32N4O2. The number of carbonyl (C=O) groups excluding carboxylic acids is 2. The number of hydrogen-bond acceptors (Lipinski definition) is 3. The second-order valence-electron chi connectivity index (χ2n) is 9.28. The first kappa shape index (κ1) is 22.1. The number of carbonyl (C=O) groups is 2. The number of aromatic amines is 1. The standard InChI is InChI=1S/C26H32N4O2/c1-26(2,27)25(32)29-17-22(21-16-28-23-11-7-6-10-20(21)23)24(31)30-14-12-19(13-15-30)18-8-4-3-5-9-18/h3-11,16,19,22,28H,12-15,17,27H2,1-2H3,(H,29,32)/t22-/m0/s1. The minimum Gasteiger partial charge on any atom is -0.361 e. The highest BCUT2D eigenvalue weighted by atomic mass is 16.2. The second-order valence-corrected chi connectivity index (χ2v) is 9.28. The van der Waals surface area contributed by atoms with E-state index < -0.39 is 11.5 Å². The van der Waals surface area contributed by atoms with Gasteiger partial charge >= 0.3 is 0 Å². The van der Waals surface area contributed by atoms with Crippen molar-refractivity contribution in [2.24, 2.45) is 5.73 Å². The smallest absolute Gasteiger partial charge is 0.239 e. The van der Waals surface area contributed by atoms with Crippen LogP contribution in [0.5, 0.6) is 0 Å². The average Bonchev–Trinajstić information content (AvgIpc) is 3.23. The number of nitrogens with one attached hydrogen (secondary N) is 2. The van der Waals surface area contributed by atoms with Crippen molar-refractivity contribution < 1.29 is 9.59 Å². The van der Waals surface area contributed by atoms with E-state index in [1.54, 1.807) is 13.8 Å². The van der Waals surface area contributed by atoms with E-state index in [4.69, 9.17) is 5.73 Å². The van der Waals surface area contributed by atoms with Gasteiger partial charge in [-0.3, -0.25) is 9.59 Å². The number of nitrogens with two attached hydrogens (primary N) is 1. The third-order valence-electron chi connectivity index (χ3n) is 6.42. The summed E-state index contributed by atoms with van der Waals surface area (Å²) in [5.41, 5.74) is 8.18. The van der Waals surface area contributed by atoms with Crippen molar-refractivity contribution in [2.75, 3.05) is 19.6 Å². The molecule has 3 aromatic rings. The number of nitrogens with zero attached hydrogens (tertiary/aromatic N) is 1. The number of rotatable bonds is 6. The summed E-state index contributed by atoms with van der Waals surface area (Å²) < 4.78 is 0. The first-order valence-electron chi connectivity index (χ1n) is 11.3. The van der Waals surface area contributed by atoms with Gasteiger partial charge in [-0.25, -0.2) is 0 Å². The van der Waals surface area contributed by atoms with Crippen LogP contribution in [0.3, 0.4) is 0 Å². The lowest BCUT2D eigenvalue weighted by Crippen LogP contribution is -2.51. The van der Waals surface area contributed by atoms with Crippen molar-refractivity contribution >= 4 is 22.7 Å². The molecule has 2 aromatic carbocycles. The van der Waals surface area contributed by atoms with Gasteiger partial charge in [0.25, 0.3) is 0 Å². The number of fused-ring (bicyclic) bond motifs is 1. The van der Waals surface area contributed by atoms with E-state index >= 15 is 0 Å². The lowest BCUT2D eigenvalue weighted by molar-refractivity contribution is -0.134. The van der Waals surface area contributed by atoms with Crippen LogP contribution in [0.2, 0.25) is 0 Å². The van der Waals surface area contributed by atoms with Gasteiger partial charge in [0.2, 0.25) is 11.8 Å². The Kier molecular flexibility index (Phi) is 6.33. The van der Waals surface area contributed by atoms with E-state index in [9.17, 15) is 9.59 Å². The predicted octanol–water partition coefficient (Wildman–Crippen LogP) is 3.51. The number of piperidine rings is 1. The summed E-state index contributed by atoms with van der Waals surface area (Å²) in [4.78, 5) is 31.3. The molecule has 6 heteroatoms.